The van der Waals surface area contributed by atoms with Crippen LogP contribution in [0.3, 0.4) is 0 Å². The highest BCUT2D eigenvalue weighted by Crippen LogP contribution is 2.28. The maximum absolute atomic E-state index is 12.6. The molecule has 0 aliphatic rings. The monoisotopic (exact) mass is 399 g/mol. The summed E-state index contributed by atoms with van der Waals surface area (Å²) in [5, 5.41) is 7.53. The van der Waals surface area contributed by atoms with Crippen LogP contribution in [0.2, 0.25) is 0 Å². The Bertz CT molecular complexity index is 862. The molecule has 2 aromatic rings. The highest BCUT2D eigenvalue weighted by atomic mass is 32.2. The summed E-state index contributed by atoms with van der Waals surface area (Å²) in [7, 11) is -2.28. The van der Waals surface area contributed by atoms with Crippen LogP contribution in [-0.2, 0) is 19.6 Å². The lowest BCUT2D eigenvalue weighted by Crippen LogP contribution is -2.30. The number of esters is 1. The van der Waals surface area contributed by atoms with Gasteiger partial charge in [-0.1, -0.05) is 31.7 Å². The third-order valence-electron chi connectivity index (χ3n) is 3.64. The summed E-state index contributed by atoms with van der Waals surface area (Å²) in [6.45, 7) is 6.01. The van der Waals surface area contributed by atoms with Crippen LogP contribution >= 0.6 is 11.8 Å². The molecule has 0 spiro atoms. The largest absolute Gasteiger partial charge is 0.468 e. The number of ether oxygens (including phenoxy) is 1. The van der Waals surface area contributed by atoms with Crippen molar-refractivity contribution in [2.75, 3.05) is 20.2 Å². The minimum atomic E-state index is -3.58. The molecule has 0 saturated heterocycles. The molecule has 2 rings (SSSR count). The second-order valence-corrected chi connectivity index (χ2v) is 8.50. The number of hydrogen-bond donors (Lipinski definition) is 0. The van der Waals surface area contributed by atoms with Crippen LogP contribution in [0.25, 0.3) is 11.5 Å². The lowest BCUT2D eigenvalue weighted by Gasteiger charge is -2.18. The second kappa shape index (κ2) is 8.65. The van der Waals surface area contributed by atoms with Crippen molar-refractivity contribution in [2.45, 2.75) is 36.1 Å². The molecule has 1 aromatic heterocycles. The molecule has 0 amide bonds. The van der Waals surface area contributed by atoms with E-state index in [9.17, 15) is 13.2 Å². The van der Waals surface area contributed by atoms with E-state index in [1.54, 1.807) is 32.9 Å². The van der Waals surface area contributed by atoms with Gasteiger partial charge in [0.05, 0.1) is 12.0 Å². The molecule has 26 heavy (non-hydrogen) atoms. The van der Waals surface area contributed by atoms with E-state index in [1.165, 1.54) is 23.5 Å². The van der Waals surface area contributed by atoms with E-state index in [1.807, 2.05) is 0 Å². The molecular weight excluding hydrogens is 378 g/mol. The Balaban J connectivity index is 2.27. The molecule has 142 valence electrons. The van der Waals surface area contributed by atoms with E-state index in [-0.39, 0.29) is 16.0 Å². The number of thioether (sulfide) groups is 1. The number of sulfonamides is 1. The summed E-state index contributed by atoms with van der Waals surface area (Å²) in [4.78, 5) is 11.6. The Morgan fingerprint density at radius 2 is 2.00 bits per heavy atom. The maximum atomic E-state index is 12.6. The quantitative estimate of drug-likeness (QED) is 0.492. The Morgan fingerprint density at radius 3 is 2.62 bits per heavy atom. The van der Waals surface area contributed by atoms with E-state index >= 15 is 0 Å². The van der Waals surface area contributed by atoms with Gasteiger partial charge in [0.1, 0.15) is 5.25 Å². The number of aromatic nitrogens is 2. The van der Waals surface area contributed by atoms with Crippen molar-refractivity contribution in [2.24, 2.45) is 0 Å². The predicted molar refractivity (Wildman–Crippen MR) is 97.2 cm³/mol. The van der Waals surface area contributed by atoms with Gasteiger partial charge in [-0.2, -0.15) is 4.31 Å². The van der Waals surface area contributed by atoms with E-state index in [2.05, 4.69) is 14.9 Å². The molecule has 0 aliphatic carbocycles. The zero-order chi connectivity index (χ0) is 19.3. The average molecular weight is 399 g/mol. The summed E-state index contributed by atoms with van der Waals surface area (Å²) in [5.74, 6) is -0.219. The molecule has 0 N–H and O–H groups in total. The van der Waals surface area contributed by atoms with Crippen molar-refractivity contribution >= 4 is 27.8 Å². The Hall–Kier alpha value is -1.91. The fraction of sp³-hybridized carbons (Fsp3) is 0.438. The van der Waals surface area contributed by atoms with Crippen LogP contribution in [0.1, 0.15) is 20.8 Å². The van der Waals surface area contributed by atoms with Crippen LogP contribution in [0.15, 0.2) is 38.8 Å². The van der Waals surface area contributed by atoms with Crippen molar-refractivity contribution < 1.29 is 22.4 Å². The zero-order valence-electron chi connectivity index (χ0n) is 15.0. The molecule has 0 bridgehead atoms. The zero-order valence-corrected chi connectivity index (χ0v) is 16.6. The lowest BCUT2D eigenvalue weighted by molar-refractivity contribution is -0.139. The third-order valence-corrected chi connectivity index (χ3v) is 6.60. The lowest BCUT2D eigenvalue weighted by atomic mass is 10.2. The van der Waals surface area contributed by atoms with Crippen LogP contribution < -0.4 is 0 Å². The topological polar surface area (TPSA) is 103 Å². The van der Waals surface area contributed by atoms with E-state index in [4.69, 9.17) is 4.42 Å². The third kappa shape index (κ3) is 4.43. The second-order valence-electron chi connectivity index (χ2n) is 5.27. The first kappa shape index (κ1) is 20.4. The summed E-state index contributed by atoms with van der Waals surface area (Å²) in [6, 6.07) is 6.34. The number of methoxy groups -OCH3 is 1. The van der Waals surface area contributed by atoms with Gasteiger partial charge in [0.2, 0.25) is 15.9 Å². The standard InChI is InChI=1S/C16H21N3O5S2/c1-5-19(6-2)26(21,22)13-9-7-8-12(10-13)14-17-18-16(24-14)25-11(3)15(20)23-4/h7-11H,5-6H2,1-4H3. The van der Waals surface area contributed by atoms with Gasteiger partial charge in [-0.25, -0.2) is 8.42 Å². The van der Waals surface area contributed by atoms with Gasteiger partial charge in [0, 0.05) is 18.7 Å². The molecule has 0 fully saturated rings. The molecule has 1 atom stereocenters. The molecule has 8 nitrogen and oxygen atoms in total. The minimum Gasteiger partial charge on any atom is -0.468 e. The number of rotatable bonds is 8. The van der Waals surface area contributed by atoms with Gasteiger partial charge in [0.15, 0.2) is 0 Å². The number of nitrogens with zero attached hydrogens (tertiary/aromatic N) is 3. The van der Waals surface area contributed by atoms with Gasteiger partial charge < -0.3 is 9.15 Å². The molecule has 0 radical (unpaired) electrons. The first-order valence-corrected chi connectivity index (χ1v) is 10.3. The summed E-state index contributed by atoms with van der Waals surface area (Å²) >= 11 is 1.07. The van der Waals surface area contributed by atoms with E-state index in [0.717, 1.165) is 11.8 Å². The van der Waals surface area contributed by atoms with Crippen molar-refractivity contribution in [3.63, 3.8) is 0 Å². The maximum Gasteiger partial charge on any atom is 0.319 e. The summed E-state index contributed by atoms with van der Waals surface area (Å²) < 4.78 is 36.8. The van der Waals surface area contributed by atoms with Crippen molar-refractivity contribution in [1.29, 1.82) is 0 Å². The summed E-state index contributed by atoms with van der Waals surface area (Å²) in [5.41, 5.74) is 0.489. The van der Waals surface area contributed by atoms with Crippen LogP contribution in [0, 0.1) is 0 Å². The average Bonchev–Trinajstić information content (AvgIpc) is 3.10. The first-order chi connectivity index (χ1) is 12.3. The van der Waals surface area contributed by atoms with Gasteiger partial charge in [-0.3, -0.25) is 4.79 Å². The fourth-order valence-corrected chi connectivity index (χ4v) is 4.46. The number of benzene rings is 1. The molecular formula is C16H21N3O5S2. The van der Waals surface area contributed by atoms with E-state index in [0.29, 0.717) is 18.7 Å². The number of carbonyl (C=O) groups is 1. The smallest absolute Gasteiger partial charge is 0.319 e. The molecule has 1 heterocycles. The Labute approximate surface area is 157 Å². The highest BCUT2D eigenvalue weighted by Gasteiger charge is 2.23. The predicted octanol–water partition coefficient (Wildman–Crippen LogP) is 2.42. The molecule has 10 heteroatoms. The van der Waals surface area contributed by atoms with Gasteiger partial charge >= 0.3 is 5.97 Å². The SMILES string of the molecule is CCN(CC)S(=O)(=O)c1cccc(-c2nnc(SC(C)C(=O)OC)o2)c1. The van der Waals surface area contributed by atoms with Gasteiger partial charge in [0.25, 0.3) is 5.22 Å². The highest BCUT2D eigenvalue weighted by molar-refractivity contribution is 8.00. The minimum absolute atomic E-state index is 0.161. The Kier molecular flexibility index (Phi) is 6.79. The first-order valence-electron chi connectivity index (χ1n) is 8.02. The fourth-order valence-electron chi connectivity index (χ4n) is 2.24. The normalized spacial score (nSPS) is 13.0. The van der Waals surface area contributed by atoms with Crippen molar-refractivity contribution in [1.82, 2.24) is 14.5 Å². The van der Waals surface area contributed by atoms with Crippen LogP contribution in [0.4, 0.5) is 0 Å². The molecule has 0 saturated carbocycles. The molecule has 1 unspecified atom stereocenters. The van der Waals surface area contributed by atoms with Crippen molar-refractivity contribution in [3.05, 3.63) is 24.3 Å². The van der Waals surface area contributed by atoms with Crippen LogP contribution in [-0.4, -0.2) is 54.3 Å². The van der Waals surface area contributed by atoms with Crippen LogP contribution in [0.5, 0.6) is 0 Å². The molecule has 1 aromatic carbocycles. The Morgan fingerprint density at radius 1 is 1.31 bits per heavy atom. The van der Waals surface area contributed by atoms with E-state index < -0.39 is 21.2 Å². The molecule has 0 aliphatic heterocycles. The van der Waals surface area contributed by atoms with Gasteiger partial charge in [-0.05, 0) is 25.1 Å². The number of carbonyl (C=O) groups excluding carboxylic acids is 1. The van der Waals surface area contributed by atoms with Gasteiger partial charge in [-0.15, -0.1) is 10.2 Å². The van der Waals surface area contributed by atoms with Crippen molar-refractivity contribution in [3.8, 4) is 11.5 Å². The summed E-state index contributed by atoms with van der Waals surface area (Å²) in [6.07, 6.45) is 0. The number of hydrogen-bond acceptors (Lipinski definition) is 8.